The first-order valence-corrected chi connectivity index (χ1v) is 12.1. The Morgan fingerprint density at radius 2 is 1.82 bits per heavy atom. The van der Waals surface area contributed by atoms with Gasteiger partial charge in [0.2, 0.25) is 5.95 Å². The number of likely N-dealkylation sites (N-methyl/N-ethyl adjacent to an activating group) is 1. The van der Waals surface area contributed by atoms with Crippen molar-refractivity contribution in [1.29, 1.82) is 0 Å². The molecule has 34 heavy (non-hydrogen) atoms. The van der Waals surface area contributed by atoms with Gasteiger partial charge < -0.3 is 19.9 Å². The summed E-state index contributed by atoms with van der Waals surface area (Å²) in [4.78, 5) is 27.5. The van der Waals surface area contributed by atoms with Gasteiger partial charge in [-0.2, -0.15) is 4.98 Å². The van der Waals surface area contributed by atoms with Crippen LogP contribution in [-0.4, -0.2) is 58.8 Å². The number of rotatable bonds is 6. The Morgan fingerprint density at radius 1 is 1.06 bits per heavy atom. The first-order valence-electron chi connectivity index (χ1n) is 12.1. The van der Waals surface area contributed by atoms with Crippen LogP contribution in [-0.2, 0) is 11.3 Å². The fourth-order valence-electron chi connectivity index (χ4n) is 4.79. The molecule has 1 fully saturated rings. The molecule has 8 heteroatoms. The topological polar surface area (TPSA) is 75.5 Å². The van der Waals surface area contributed by atoms with E-state index in [1.54, 1.807) is 10.8 Å². The van der Waals surface area contributed by atoms with Gasteiger partial charge in [-0.1, -0.05) is 6.92 Å². The number of fused-ring (bicyclic) bond motifs is 1. The van der Waals surface area contributed by atoms with E-state index in [-0.39, 0.29) is 11.5 Å². The molecule has 5 rings (SSSR count). The van der Waals surface area contributed by atoms with Crippen molar-refractivity contribution in [3.63, 3.8) is 0 Å². The van der Waals surface area contributed by atoms with Crippen molar-refractivity contribution >= 4 is 28.4 Å². The Labute approximate surface area is 199 Å². The highest BCUT2D eigenvalue weighted by molar-refractivity contribution is 5.80. The maximum Gasteiger partial charge on any atom is 0.256 e. The van der Waals surface area contributed by atoms with Crippen molar-refractivity contribution < 1.29 is 4.74 Å². The SMILES string of the molecule is CCN1CCN(c2ccc(Nc3nc(C)c4cc(C5C=COC5)c(=O)n(CC)c4n3)cc2)CC1. The molecule has 2 aliphatic heterocycles. The summed E-state index contributed by atoms with van der Waals surface area (Å²) < 4.78 is 7.08. The Hall–Kier alpha value is -3.39. The van der Waals surface area contributed by atoms with Crippen LogP contribution in [0.15, 0.2) is 47.5 Å². The molecule has 2 aliphatic rings. The Kier molecular flexibility index (Phi) is 6.24. The lowest BCUT2D eigenvalue weighted by Crippen LogP contribution is -2.46. The van der Waals surface area contributed by atoms with Crippen molar-refractivity contribution in [1.82, 2.24) is 19.4 Å². The molecule has 1 N–H and O–H groups in total. The molecule has 1 saturated heterocycles. The quantitative estimate of drug-likeness (QED) is 0.602. The molecule has 1 aromatic carbocycles. The summed E-state index contributed by atoms with van der Waals surface area (Å²) in [6, 6.07) is 10.3. The third-order valence-electron chi connectivity index (χ3n) is 6.87. The summed E-state index contributed by atoms with van der Waals surface area (Å²) in [5, 5.41) is 4.22. The molecule has 0 saturated carbocycles. The molecule has 4 heterocycles. The van der Waals surface area contributed by atoms with Crippen LogP contribution in [0.2, 0.25) is 0 Å². The van der Waals surface area contributed by atoms with E-state index in [1.807, 2.05) is 26.0 Å². The standard InChI is InChI=1S/C26H32N6O2/c1-4-30-11-13-31(14-12-30)21-8-6-20(7-9-21)28-26-27-18(3)22-16-23(19-10-15-34-17-19)25(33)32(5-2)24(22)29-26/h6-10,15-16,19H,4-5,11-14,17H2,1-3H3,(H,27,28,29). The van der Waals surface area contributed by atoms with E-state index < -0.39 is 0 Å². The highest BCUT2D eigenvalue weighted by atomic mass is 16.5. The first kappa shape index (κ1) is 22.4. The van der Waals surface area contributed by atoms with E-state index >= 15 is 0 Å². The zero-order valence-electron chi connectivity index (χ0n) is 20.1. The number of ether oxygens (including phenoxy) is 1. The van der Waals surface area contributed by atoms with E-state index in [0.29, 0.717) is 24.7 Å². The van der Waals surface area contributed by atoms with Gasteiger partial charge in [0.15, 0.2) is 0 Å². The number of nitrogens with zero attached hydrogens (tertiary/aromatic N) is 5. The minimum Gasteiger partial charge on any atom is -0.501 e. The molecule has 178 valence electrons. The van der Waals surface area contributed by atoms with Crippen LogP contribution in [0.4, 0.5) is 17.3 Å². The first-order chi connectivity index (χ1) is 16.6. The minimum atomic E-state index is -0.0321. The number of aromatic nitrogens is 3. The molecule has 0 bridgehead atoms. The van der Waals surface area contributed by atoms with Crippen molar-refractivity contribution in [3.05, 3.63) is 64.3 Å². The second kappa shape index (κ2) is 9.46. The lowest BCUT2D eigenvalue weighted by molar-refractivity contribution is 0.269. The Morgan fingerprint density at radius 3 is 2.47 bits per heavy atom. The Balaban J connectivity index is 1.40. The molecule has 0 amide bonds. The third kappa shape index (κ3) is 4.25. The molecule has 0 spiro atoms. The highest BCUT2D eigenvalue weighted by Gasteiger charge is 2.21. The molecule has 0 aliphatic carbocycles. The van der Waals surface area contributed by atoms with Gasteiger partial charge in [-0.25, -0.2) is 4.98 Å². The fraction of sp³-hybridized carbons (Fsp3) is 0.423. The van der Waals surface area contributed by atoms with E-state index in [4.69, 9.17) is 14.7 Å². The zero-order valence-corrected chi connectivity index (χ0v) is 20.1. The Bertz CT molecular complexity index is 1260. The van der Waals surface area contributed by atoms with Gasteiger partial charge in [0, 0.05) is 61.0 Å². The molecule has 3 aromatic rings. The van der Waals surface area contributed by atoms with Crippen LogP contribution in [0.3, 0.4) is 0 Å². The largest absolute Gasteiger partial charge is 0.501 e. The van der Waals surface area contributed by atoms with E-state index in [2.05, 4.69) is 46.3 Å². The predicted molar refractivity (Wildman–Crippen MR) is 136 cm³/mol. The number of nitrogens with one attached hydrogen (secondary N) is 1. The van der Waals surface area contributed by atoms with Gasteiger partial charge in [0.1, 0.15) is 5.65 Å². The van der Waals surface area contributed by atoms with Crippen molar-refractivity contribution in [2.75, 3.05) is 49.5 Å². The molecule has 8 nitrogen and oxygen atoms in total. The normalized spacial score (nSPS) is 18.4. The van der Waals surface area contributed by atoms with Gasteiger partial charge in [-0.3, -0.25) is 9.36 Å². The monoisotopic (exact) mass is 460 g/mol. The number of aryl methyl sites for hydroxylation is 2. The summed E-state index contributed by atoms with van der Waals surface area (Å²) >= 11 is 0. The zero-order chi connectivity index (χ0) is 23.7. The van der Waals surface area contributed by atoms with Gasteiger partial charge in [-0.15, -0.1) is 0 Å². The molecular formula is C26H32N6O2. The second-order valence-corrected chi connectivity index (χ2v) is 8.88. The number of hydrogen-bond acceptors (Lipinski definition) is 7. The van der Waals surface area contributed by atoms with Crippen LogP contribution in [0.1, 0.15) is 31.0 Å². The molecule has 0 radical (unpaired) electrons. The average Bonchev–Trinajstić information content (AvgIpc) is 3.39. The lowest BCUT2D eigenvalue weighted by atomic mass is 10.0. The molecule has 2 aromatic heterocycles. The summed E-state index contributed by atoms with van der Waals surface area (Å²) in [6.45, 7) is 12.6. The number of pyridine rings is 1. The number of anilines is 3. The van der Waals surface area contributed by atoms with Gasteiger partial charge >= 0.3 is 0 Å². The van der Waals surface area contributed by atoms with Gasteiger partial charge in [0.05, 0.1) is 18.6 Å². The smallest absolute Gasteiger partial charge is 0.256 e. The van der Waals surface area contributed by atoms with Crippen LogP contribution < -0.4 is 15.8 Å². The van der Waals surface area contributed by atoms with Crippen molar-refractivity contribution in [3.8, 4) is 0 Å². The van der Waals surface area contributed by atoms with E-state index in [9.17, 15) is 4.79 Å². The molecular weight excluding hydrogens is 428 g/mol. The number of hydrogen-bond donors (Lipinski definition) is 1. The molecule has 1 atom stereocenters. The number of benzene rings is 1. The number of piperazine rings is 1. The summed E-state index contributed by atoms with van der Waals surface area (Å²) in [5.74, 6) is 0.461. The molecule has 1 unspecified atom stereocenters. The predicted octanol–water partition coefficient (Wildman–Crippen LogP) is 3.63. The maximum absolute atomic E-state index is 13.2. The second-order valence-electron chi connectivity index (χ2n) is 8.88. The van der Waals surface area contributed by atoms with E-state index in [0.717, 1.165) is 55.1 Å². The average molecular weight is 461 g/mol. The summed E-state index contributed by atoms with van der Waals surface area (Å²) in [6.07, 6.45) is 3.60. The van der Waals surface area contributed by atoms with Crippen LogP contribution in [0, 0.1) is 6.92 Å². The maximum atomic E-state index is 13.2. The minimum absolute atomic E-state index is 0.0216. The van der Waals surface area contributed by atoms with Crippen LogP contribution in [0.25, 0.3) is 11.0 Å². The highest BCUT2D eigenvalue weighted by Crippen LogP contribution is 2.26. The van der Waals surface area contributed by atoms with Gasteiger partial charge in [0.25, 0.3) is 5.56 Å². The van der Waals surface area contributed by atoms with Gasteiger partial charge in [-0.05, 0) is 56.8 Å². The van der Waals surface area contributed by atoms with Crippen LogP contribution >= 0.6 is 0 Å². The summed E-state index contributed by atoms with van der Waals surface area (Å²) in [7, 11) is 0. The van der Waals surface area contributed by atoms with Crippen molar-refractivity contribution in [2.45, 2.75) is 33.2 Å². The lowest BCUT2D eigenvalue weighted by Gasteiger charge is -2.35. The fourth-order valence-corrected chi connectivity index (χ4v) is 4.79. The van der Waals surface area contributed by atoms with Crippen molar-refractivity contribution in [2.24, 2.45) is 0 Å². The summed E-state index contributed by atoms with van der Waals surface area (Å²) in [5.41, 5.74) is 4.35. The van der Waals surface area contributed by atoms with E-state index in [1.165, 1.54) is 5.69 Å². The third-order valence-corrected chi connectivity index (χ3v) is 6.87. The van der Waals surface area contributed by atoms with Crippen LogP contribution in [0.5, 0.6) is 0 Å².